The fourth-order valence-corrected chi connectivity index (χ4v) is 2.73. The van der Waals surface area contributed by atoms with Crippen LogP contribution < -0.4 is 5.73 Å². The fourth-order valence-electron chi connectivity index (χ4n) is 2.73. The number of alkyl halides is 3. The molecule has 2 N–H and O–H groups in total. The number of hydrogen-bond donors (Lipinski definition) is 1. The summed E-state index contributed by atoms with van der Waals surface area (Å²) >= 11 is 0. The Morgan fingerprint density at radius 2 is 2.00 bits per heavy atom. The van der Waals surface area contributed by atoms with Crippen molar-refractivity contribution in [1.82, 2.24) is 4.90 Å². The van der Waals surface area contributed by atoms with Crippen LogP contribution in [0.3, 0.4) is 0 Å². The topological polar surface area (TPSA) is 38.5 Å². The largest absolute Gasteiger partial charge is 0.573 e. The lowest BCUT2D eigenvalue weighted by atomic mass is 9.94. The molecule has 1 saturated heterocycles. The van der Waals surface area contributed by atoms with Crippen LogP contribution in [-0.2, 0) is 4.74 Å². The van der Waals surface area contributed by atoms with E-state index < -0.39 is 6.36 Å². The minimum Gasteiger partial charge on any atom is -0.406 e. The third kappa shape index (κ3) is 4.83. The number of nitrogens with zero attached hydrogens (tertiary/aromatic N) is 1. The van der Waals surface area contributed by atoms with Gasteiger partial charge in [-0.15, -0.1) is 13.2 Å². The molecule has 0 radical (unpaired) electrons. The molecule has 6 heteroatoms. The molecule has 0 amide bonds. The van der Waals surface area contributed by atoms with E-state index in [0.29, 0.717) is 12.3 Å². The van der Waals surface area contributed by atoms with Crippen LogP contribution >= 0.6 is 0 Å². The highest BCUT2D eigenvalue weighted by Crippen LogP contribution is 2.26. The van der Waals surface area contributed by atoms with Gasteiger partial charge in [-0.3, -0.25) is 0 Å². The number of allylic oxidation sites excluding steroid dienone is 2. The monoisotopic (exact) mass is 290 g/mol. The molecule has 2 rings (SSSR count). The highest BCUT2D eigenvalue weighted by molar-refractivity contribution is 5.18. The molecular formula is C14H21F3N2O. The van der Waals surface area contributed by atoms with Crippen molar-refractivity contribution >= 4 is 0 Å². The lowest BCUT2D eigenvalue weighted by Gasteiger charge is -2.33. The van der Waals surface area contributed by atoms with E-state index in [9.17, 15) is 13.2 Å². The van der Waals surface area contributed by atoms with E-state index in [1.54, 1.807) is 0 Å². The summed E-state index contributed by atoms with van der Waals surface area (Å²) in [4.78, 5) is 2.37. The average Bonchev–Trinajstić information content (AvgIpc) is 2.40. The van der Waals surface area contributed by atoms with E-state index in [1.807, 2.05) is 6.08 Å². The van der Waals surface area contributed by atoms with E-state index in [4.69, 9.17) is 5.73 Å². The van der Waals surface area contributed by atoms with E-state index in [2.05, 4.69) is 9.64 Å². The lowest BCUT2D eigenvalue weighted by molar-refractivity contribution is -0.303. The third-order valence-electron chi connectivity index (χ3n) is 3.92. The van der Waals surface area contributed by atoms with E-state index in [1.165, 1.54) is 12.2 Å². The van der Waals surface area contributed by atoms with Gasteiger partial charge in [0.25, 0.3) is 0 Å². The third-order valence-corrected chi connectivity index (χ3v) is 3.92. The van der Waals surface area contributed by atoms with Crippen LogP contribution in [0.1, 0.15) is 19.3 Å². The predicted molar refractivity (Wildman–Crippen MR) is 70.7 cm³/mol. The standard InChI is InChI=1S/C14H21F3N2O/c15-14(16,17)20-13-3-1-12(2-4-13)10-19-7-5-11(9-18)6-8-19/h1,3-4,11-12H,2,5-10,18H2. The van der Waals surface area contributed by atoms with Crippen LogP contribution in [-0.4, -0.2) is 37.4 Å². The van der Waals surface area contributed by atoms with Gasteiger partial charge in [0.2, 0.25) is 0 Å². The second-order valence-electron chi connectivity index (χ2n) is 5.49. The van der Waals surface area contributed by atoms with Gasteiger partial charge in [-0.05, 0) is 62.9 Å². The molecule has 114 valence electrons. The molecule has 1 fully saturated rings. The van der Waals surface area contributed by atoms with Gasteiger partial charge < -0.3 is 15.4 Å². The summed E-state index contributed by atoms with van der Waals surface area (Å²) in [6, 6.07) is 0. The molecule has 20 heavy (non-hydrogen) atoms. The average molecular weight is 290 g/mol. The number of ether oxygens (including phenoxy) is 1. The van der Waals surface area contributed by atoms with Crippen molar-refractivity contribution < 1.29 is 17.9 Å². The maximum atomic E-state index is 12.1. The van der Waals surface area contributed by atoms with Crippen molar-refractivity contribution in [3.63, 3.8) is 0 Å². The quantitative estimate of drug-likeness (QED) is 0.865. The Bertz CT molecular complexity index is 371. The summed E-state index contributed by atoms with van der Waals surface area (Å²) < 4.78 is 40.1. The fraction of sp³-hybridized carbons (Fsp3) is 0.714. The minimum atomic E-state index is -4.60. The molecule has 0 aromatic carbocycles. The molecule has 1 aliphatic carbocycles. The van der Waals surface area contributed by atoms with E-state index in [0.717, 1.165) is 39.0 Å². The molecule has 1 unspecified atom stereocenters. The van der Waals surface area contributed by atoms with Gasteiger partial charge >= 0.3 is 6.36 Å². The molecule has 0 saturated carbocycles. The molecule has 1 heterocycles. The highest BCUT2D eigenvalue weighted by atomic mass is 19.4. The van der Waals surface area contributed by atoms with Crippen LogP contribution in [0.2, 0.25) is 0 Å². The first-order valence-electron chi connectivity index (χ1n) is 7.03. The van der Waals surface area contributed by atoms with Crippen molar-refractivity contribution in [3.8, 4) is 0 Å². The second-order valence-corrected chi connectivity index (χ2v) is 5.49. The van der Waals surface area contributed by atoms with Crippen LogP contribution in [0.5, 0.6) is 0 Å². The zero-order valence-corrected chi connectivity index (χ0v) is 11.4. The first-order valence-corrected chi connectivity index (χ1v) is 7.03. The summed E-state index contributed by atoms with van der Waals surface area (Å²) in [6.07, 6.45) is 2.98. The summed E-state index contributed by atoms with van der Waals surface area (Å²) in [5.41, 5.74) is 5.66. The first-order chi connectivity index (χ1) is 9.46. The van der Waals surface area contributed by atoms with Gasteiger partial charge in [-0.2, -0.15) is 0 Å². The van der Waals surface area contributed by atoms with E-state index >= 15 is 0 Å². The Labute approximate surface area is 117 Å². The number of rotatable bonds is 4. The van der Waals surface area contributed by atoms with Gasteiger partial charge in [0.05, 0.1) is 0 Å². The molecule has 0 spiro atoms. The van der Waals surface area contributed by atoms with Crippen molar-refractivity contribution in [2.24, 2.45) is 17.6 Å². The summed E-state index contributed by atoms with van der Waals surface area (Å²) in [7, 11) is 0. The maximum Gasteiger partial charge on any atom is 0.573 e. The van der Waals surface area contributed by atoms with Crippen LogP contribution in [0.4, 0.5) is 13.2 Å². The number of hydrogen-bond acceptors (Lipinski definition) is 3. The Hall–Kier alpha value is -1.01. The van der Waals surface area contributed by atoms with Crippen molar-refractivity contribution in [2.75, 3.05) is 26.2 Å². The maximum absolute atomic E-state index is 12.1. The van der Waals surface area contributed by atoms with Gasteiger partial charge in [-0.1, -0.05) is 6.08 Å². The van der Waals surface area contributed by atoms with Gasteiger partial charge in [-0.25, -0.2) is 0 Å². The number of piperidine rings is 1. The molecule has 0 bridgehead atoms. The van der Waals surface area contributed by atoms with Gasteiger partial charge in [0, 0.05) is 6.54 Å². The minimum absolute atomic E-state index is 0.101. The lowest BCUT2D eigenvalue weighted by Crippen LogP contribution is -2.38. The Kier molecular flexibility index (Phi) is 5.10. The normalized spacial score (nSPS) is 25.6. The summed E-state index contributed by atoms with van der Waals surface area (Å²) in [6.45, 7) is 3.70. The molecule has 2 aliphatic rings. The Morgan fingerprint density at radius 1 is 1.30 bits per heavy atom. The zero-order valence-electron chi connectivity index (χ0n) is 11.4. The molecule has 0 aromatic rings. The van der Waals surface area contributed by atoms with Gasteiger partial charge in [0.15, 0.2) is 0 Å². The van der Waals surface area contributed by atoms with Crippen molar-refractivity contribution in [3.05, 3.63) is 24.0 Å². The molecule has 1 aliphatic heterocycles. The van der Waals surface area contributed by atoms with Crippen LogP contribution in [0.15, 0.2) is 24.0 Å². The van der Waals surface area contributed by atoms with Crippen LogP contribution in [0.25, 0.3) is 0 Å². The summed E-state index contributed by atoms with van der Waals surface area (Å²) in [5.74, 6) is 0.792. The van der Waals surface area contributed by atoms with Crippen molar-refractivity contribution in [2.45, 2.75) is 25.6 Å². The smallest absolute Gasteiger partial charge is 0.406 e. The second kappa shape index (κ2) is 6.63. The number of nitrogens with two attached hydrogens (primary N) is 1. The Balaban J connectivity index is 1.74. The SMILES string of the molecule is NCC1CCN(CC2C=CC(OC(F)(F)F)=CC2)CC1. The van der Waals surface area contributed by atoms with Crippen molar-refractivity contribution in [1.29, 1.82) is 0 Å². The van der Waals surface area contributed by atoms with E-state index in [-0.39, 0.29) is 11.7 Å². The molecule has 3 nitrogen and oxygen atoms in total. The number of likely N-dealkylation sites (tertiary alicyclic amines) is 1. The predicted octanol–water partition coefficient (Wildman–Crippen LogP) is 2.65. The number of halogens is 3. The highest BCUT2D eigenvalue weighted by Gasteiger charge is 2.32. The van der Waals surface area contributed by atoms with Crippen LogP contribution in [0, 0.1) is 11.8 Å². The molecule has 1 atom stereocenters. The summed E-state index contributed by atoms with van der Waals surface area (Å²) in [5, 5.41) is 0. The first kappa shape index (κ1) is 15.4. The zero-order chi connectivity index (χ0) is 14.6. The van der Waals surface area contributed by atoms with Gasteiger partial charge in [0.1, 0.15) is 5.76 Å². The molecular weight excluding hydrogens is 269 g/mol. The Morgan fingerprint density at radius 3 is 2.50 bits per heavy atom. The molecule has 0 aromatic heterocycles.